The number of benzene rings is 2. The van der Waals surface area contributed by atoms with Crippen molar-refractivity contribution >= 4 is 11.7 Å². The monoisotopic (exact) mass is 281 g/mol. The van der Waals surface area contributed by atoms with E-state index in [4.69, 9.17) is 0 Å². The third-order valence-corrected chi connectivity index (χ3v) is 4.11. The van der Waals surface area contributed by atoms with Crippen molar-refractivity contribution < 1.29 is 9.90 Å². The predicted molar refractivity (Wildman–Crippen MR) is 84.0 cm³/mol. The Labute approximate surface area is 124 Å². The number of rotatable bonds is 3. The van der Waals surface area contributed by atoms with E-state index in [1.54, 1.807) is 6.07 Å². The molecule has 108 valence electrons. The van der Waals surface area contributed by atoms with E-state index in [-0.39, 0.29) is 0 Å². The van der Waals surface area contributed by atoms with E-state index in [2.05, 4.69) is 29.6 Å². The van der Waals surface area contributed by atoms with Crippen LogP contribution in [0.5, 0.6) is 0 Å². The molecule has 1 aliphatic rings. The lowest BCUT2D eigenvalue weighted by molar-refractivity contribution is 0.0698. The van der Waals surface area contributed by atoms with E-state index in [0.29, 0.717) is 11.6 Å². The highest BCUT2D eigenvalue weighted by molar-refractivity contribution is 5.94. The van der Waals surface area contributed by atoms with Gasteiger partial charge in [0.05, 0.1) is 5.56 Å². The van der Waals surface area contributed by atoms with Crippen LogP contribution in [0.2, 0.25) is 0 Å². The first kappa shape index (κ1) is 13.7. The Balaban J connectivity index is 1.81. The maximum absolute atomic E-state index is 11.4. The van der Waals surface area contributed by atoms with Crippen molar-refractivity contribution in [2.45, 2.75) is 32.2 Å². The molecule has 0 aliphatic heterocycles. The van der Waals surface area contributed by atoms with Gasteiger partial charge in [-0.05, 0) is 49.4 Å². The van der Waals surface area contributed by atoms with Gasteiger partial charge in [-0.1, -0.05) is 35.9 Å². The number of carboxylic acid groups (broad SMARTS) is 1. The van der Waals surface area contributed by atoms with Crippen LogP contribution < -0.4 is 5.32 Å². The smallest absolute Gasteiger partial charge is 0.337 e. The number of hydrogen-bond acceptors (Lipinski definition) is 2. The van der Waals surface area contributed by atoms with Crippen molar-refractivity contribution in [3.8, 4) is 0 Å². The molecule has 0 aromatic heterocycles. The minimum absolute atomic E-state index is 0.292. The second-order valence-electron chi connectivity index (χ2n) is 5.71. The number of carbonyl (C=O) groups is 1. The van der Waals surface area contributed by atoms with Gasteiger partial charge in [-0.15, -0.1) is 0 Å². The van der Waals surface area contributed by atoms with Gasteiger partial charge in [-0.25, -0.2) is 4.79 Å². The molecule has 0 spiro atoms. The standard InChI is InChI=1S/C18H19NO2/c1-12-6-9-17(16(10-12)18(20)21)19-15-8-7-13-4-2-3-5-14(13)11-15/h2-6,9-10,15,19H,7-8,11H2,1H3,(H,20,21). The highest BCUT2D eigenvalue weighted by Crippen LogP contribution is 2.25. The molecule has 1 unspecified atom stereocenters. The van der Waals surface area contributed by atoms with E-state index in [1.807, 2.05) is 19.1 Å². The summed E-state index contributed by atoms with van der Waals surface area (Å²) < 4.78 is 0. The summed E-state index contributed by atoms with van der Waals surface area (Å²) in [7, 11) is 0. The fourth-order valence-electron chi connectivity index (χ4n) is 3.00. The van der Waals surface area contributed by atoms with Crippen LogP contribution in [0.1, 0.15) is 33.5 Å². The highest BCUT2D eigenvalue weighted by Gasteiger charge is 2.20. The number of nitrogens with one attached hydrogen (secondary N) is 1. The zero-order valence-corrected chi connectivity index (χ0v) is 12.1. The van der Waals surface area contributed by atoms with E-state index in [9.17, 15) is 9.90 Å². The van der Waals surface area contributed by atoms with Gasteiger partial charge in [0, 0.05) is 11.7 Å². The van der Waals surface area contributed by atoms with Crippen LogP contribution >= 0.6 is 0 Å². The van der Waals surface area contributed by atoms with E-state index in [1.165, 1.54) is 11.1 Å². The lowest BCUT2D eigenvalue weighted by Crippen LogP contribution is -2.28. The number of aromatic carboxylic acids is 1. The molecule has 0 bridgehead atoms. The van der Waals surface area contributed by atoms with E-state index in [0.717, 1.165) is 30.5 Å². The Kier molecular flexibility index (Phi) is 3.65. The second kappa shape index (κ2) is 5.60. The third-order valence-electron chi connectivity index (χ3n) is 4.11. The largest absolute Gasteiger partial charge is 0.478 e. The lowest BCUT2D eigenvalue weighted by atomic mass is 9.88. The molecular weight excluding hydrogens is 262 g/mol. The zero-order chi connectivity index (χ0) is 14.8. The van der Waals surface area contributed by atoms with Crippen LogP contribution in [0.3, 0.4) is 0 Å². The fourth-order valence-corrected chi connectivity index (χ4v) is 3.00. The third kappa shape index (κ3) is 2.92. The molecule has 3 rings (SSSR count). The molecular formula is C18H19NO2. The number of anilines is 1. The molecule has 3 heteroatoms. The van der Waals surface area contributed by atoms with Crippen molar-refractivity contribution in [3.05, 3.63) is 64.7 Å². The summed E-state index contributed by atoms with van der Waals surface area (Å²) >= 11 is 0. The maximum Gasteiger partial charge on any atom is 0.337 e. The molecule has 0 heterocycles. The molecule has 1 atom stereocenters. The molecule has 0 fully saturated rings. The van der Waals surface area contributed by atoms with Crippen molar-refractivity contribution in [1.29, 1.82) is 0 Å². The van der Waals surface area contributed by atoms with Crippen LogP contribution in [-0.2, 0) is 12.8 Å². The molecule has 3 nitrogen and oxygen atoms in total. The first-order valence-electron chi connectivity index (χ1n) is 7.31. The molecule has 0 amide bonds. The molecule has 1 aliphatic carbocycles. The summed E-state index contributed by atoms with van der Waals surface area (Å²) in [5.74, 6) is -0.877. The number of fused-ring (bicyclic) bond motifs is 1. The first-order chi connectivity index (χ1) is 10.1. The van der Waals surface area contributed by atoms with E-state index >= 15 is 0 Å². The summed E-state index contributed by atoms with van der Waals surface area (Å²) in [6.07, 6.45) is 3.02. The van der Waals surface area contributed by atoms with Crippen LogP contribution in [0, 0.1) is 6.92 Å². The first-order valence-corrected chi connectivity index (χ1v) is 7.31. The lowest BCUT2D eigenvalue weighted by Gasteiger charge is -2.27. The maximum atomic E-state index is 11.4. The van der Waals surface area contributed by atoms with Gasteiger partial charge in [0.1, 0.15) is 0 Å². The van der Waals surface area contributed by atoms with Gasteiger partial charge in [0.25, 0.3) is 0 Å². The summed E-state index contributed by atoms with van der Waals surface area (Å²) in [4.78, 5) is 11.4. The summed E-state index contributed by atoms with van der Waals surface area (Å²) in [5.41, 5.74) is 4.82. The molecule has 0 saturated carbocycles. The van der Waals surface area contributed by atoms with Gasteiger partial charge in [-0.2, -0.15) is 0 Å². The van der Waals surface area contributed by atoms with Crippen LogP contribution in [-0.4, -0.2) is 17.1 Å². The van der Waals surface area contributed by atoms with Gasteiger partial charge < -0.3 is 10.4 Å². The molecule has 21 heavy (non-hydrogen) atoms. The topological polar surface area (TPSA) is 49.3 Å². The average molecular weight is 281 g/mol. The fraction of sp³-hybridized carbons (Fsp3) is 0.278. The molecule has 2 N–H and O–H groups in total. The highest BCUT2D eigenvalue weighted by atomic mass is 16.4. The second-order valence-corrected chi connectivity index (χ2v) is 5.71. The molecule has 2 aromatic carbocycles. The Morgan fingerprint density at radius 2 is 1.95 bits per heavy atom. The number of hydrogen-bond donors (Lipinski definition) is 2. The van der Waals surface area contributed by atoms with Gasteiger partial charge in [0.15, 0.2) is 0 Å². The summed E-state index contributed by atoms with van der Waals surface area (Å²) in [5, 5.41) is 12.8. The van der Waals surface area contributed by atoms with Crippen LogP contribution in [0.4, 0.5) is 5.69 Å². The van der Waals surface area contributed by atoms with Crippen molar-refractivity contribution in [3.63, 3.8) is 0 Å². The number of carboxylic acids is 1. The summed E-state index contributed by atoms with van der Waals surface area (Å²) in [6, 6.07) is 14.3. The Morgan fingerprint density at radius 1 is 1.19 bits per heavy atom. The predicted octanol–water partition coefficient (Wildman–Crippen LogP) is 3.66. The van der Waals surface area contributed by atoms with Crippen LogP contribution in [0.25, 0.3) is 0 Å². The van der Waals surface area contributed by atoms with Gasteiger partial charge in [0.2, 0.25) is 0 Å². The van der Waals surface area contributed by atoms with E-state index < -0.39 is 5.97 Å². The summed E-state index contributed by atoms with van der Waals surface area (Å²) in [6.45, 7) is 1.91. The molecule has 0 radical (unpaired) electrons. The van der Waals surface area contributed by atoms with Crippen molar-refractivity contribution in [2.24, 2.45) is 0 Å². The minimum atomic E-state index is -0.877. The normalized spacial score (nSPS) is 17.1. The molecule has 0 saturated heterocycles. The quantitative estimate of drug-likeness (QED) is 0.902. The minimum Gasteiger partial charge on any atom is -0.478 e. The average Bonchev–Trinajstić information content (AvgIpc) is 2.49. The Bertz CT molecular complexity index is 679. The number of aryl methyl sites for hydroxylation is 2. The van der Waals surface area contributed by atoms with Gasteiger partial charge in [-0.3, -0.25) is 0 Å². The zero-order valence-electron chi connectivity index (χ0n) is 12.1. The molecule has 2 aromatic rings. The van der Waals surface area contributed by atoms with Gasteiger partial charge >= 0.3 is 5.97 Å². The Morgan fingerprint density at radius 3 is 2.71 bits per heavy atom. The SMILES string of the molecule is Cc1ccc(NC2CCc3ccccc3C2)c(C(=O)O)c1. The Hall–Kier alpha value is -2.29. The van der Waals surface area contributed by atoms with Crippen LogP contribution in [0.15, 0.2) is 42.5 Å². The van der Waals surface area contributed by atoms with Crippen molar-refractivity contribution in [2.75, 3.05) is 5.32 Å². The van der Waals surface area contributed by atoms with Crippen molar-refractivity contribution in [1.82, 2.24) is 0 Å².